The maximum Gasteiger partial charge on any atom is 0.273 e. The van der Waals surface area contributed by atoms with Gasteiger partial charge in [0.2, 0.25) is 0 Å². The lowest BCUT2D eigenvalue weighted by Crippen LogP contribution is -2.22. The predicted octanol–water partition coefficient (Wildman–Crippen LogP) is 0.860. The zero-order valence-corrected chi connectivity index (χ0v) is 10.6. The molecule has 2 N–H and O–H groups in total. The molecule has 94 valence electrons. The lowest BCUT2D eigenvalue weighted by molar-refractivity contribution is 0.0821. The highest BCUT2D eigenvalue weighted by atomic mass is 16.2. The highest BCUT2D eigenvalue weighted by Crippen LogP contribution is 2.15. The lowest BCUT2D eigenvalue weighted by Gasteiger charge is -2.07. The van der Waals surface area contributed by atoms with Gasteiger partial charge in [-0.2, -0.15) is 5.10 Å². The fraction of sp³-hybridized carbons (Fsp3) is 0.250. The van der Waals surface area contributed by atoms with E-state index in [1.165, 1.54) is 9.58 Å². The molecule has 0 unspecified atom stereocenters. The molecule has 0 fully saturated rings. The van der Waals surface area contributed by atoms with Crippen LogP contribution in [-0.4, -0.2) is 39.7 Å². The van der Waals surface area contributed by atoms with E-state index in [4.69, 9.17) is 5.73 Å². The summed E-state index contributed by atoms with van der Waals surface area (Å²) in [6.07, 6.45) is 3.38. The standard InChI is InChI=1S/C12H15N5O/c1-8-6-9(13)11(14-7-8)17-5-4-10(15-17)12(18)16(2)3/h4-7H,13H2,1-3H3. The van der Waals surface area contributed by atoms with E-state index in [0.717, 1.165) is 5.56 Å². The van der Waals surface area contributed by atoms with Gasteiger partial charge < -0.3 is 10.6 Å². The van der Waals surface area contributed by atoms with Crippen LogP contribution in [0.3, 0.4) is 0 Å². The zero-order chi connectivity index (χ0) is 13.3. The summed E-state index contributed by atoms with van der Waals surface area (Å²) in [5.41, 5.74) is 7.75. The van der Waals surface area contributed by atoms with Gasteiger partial charge >= 0.3 is 0 Å². The first-order chi connectivity index (χ1) is 8.49. The SMILES string of the molecule is Cc1cnc(-n2ccc(C(=O)N(C)C)n2)c(N)c1. The van der Waals surface area contributed by atoms with Crippen molar-refractivity contribution in [1.29, 1.82) is 0 Å². The van der Waals surface area contributed by atoms with Crippen molar-refractivity contribution >= 4 is 11.6 Å². The van der Waals surface area contributed by atoms with Crippen molar-refractivity contribution in [3.63, 3.8) is 0 Å². The van der Waals surface area contributed by atoms with Gasteiger partial charge in [0.25, 0.3) is 5.91 Å². The van der Waals surface area contributed by atoms with Crippen LogP contribution in [0.15, 0.2) is 24.5 Å². The number of hydrogen-bond donors (Lipinski definition) is 1. The van der Waals surface area contributed by atoms with Gasteiger partial charge in [0, 0.05) is 26.5 Å². The number of pyridine rings is 1. The fourth-order valence-electron chi connectivity index (χ4n) is 1.56. The van der Waals surface area contributed by atoms with Crippen molar-refractivity contribution in [2.24, 2.45) is 0 Å². The molecule has 0 aromatic carbocycles. The molecule has 0 spiro atoms. The first kappa shape index (κ1) is 12.1. The Balaban J connectivity index is 2.38. The Kier molecular flexibility index (Phi) is 3.01. The number of nitrogen functional groups attached to an aromatic ring is 1. The molecule has 0 aliphatic heterocycles. The molecule has 6 heteroatoms. The number of anilines is 1. The highest BCUT2D eigenvalue weighted by Gasteiger charge is 2.13. The van der Waals surface area contributed by atoms with Gasteiger partial charge in [-0.15, -0.1) is 0 Å². The van der Waals surface area contributed by atoms with E-state index in [2.05, 4.69) is 10.1 Å². The average Bonchev–Trinajstić information content (AvgIpc) is 2.77. The summed E-state index contributed by atoms with van der Waals surface area (Å²) < 4.78 is 1.51. The Morgan fingerprint density at radius 2 is 2.17 bits per heavy atom. The second kappa shape index (κ2) is 4.48. The van der Waals surface area contributed by atoms with Crippen LogP contribution in [0, 0.1) is 6.92 Å². The summed E-state index contributed by atoms with van der Waals surface area (Å²) >= 11 is 0. The van der Waals surface area contributed by atoms with Crippen LogP contribution < -0.4 is 5.73 Å². The predicted molar refractivity (Wildman–Crippen MR) is 68.5 cm³/mol. The number of nitrogens with two attached hydrogens (primary N) is 1. The number of rotatable bonds is 2. The molecule has 0 saturated heterocycles. The molecule has 2 aromatic heterocycles. The maximum atomic E-state index is 11.7. The Morgan fingerprint density at radius 1 is 1.44 bits per heavy atom. The molecule has 6 nitrogen and oxygen atoms in total. The van der Waals surface area contributed by atoms with Crippen LogP contribution in [0.2, 0.25) is 0 Å². The number of carbonyl (C=O) groups excluding carboxylic acids is 1. The average molecular weight is 245 g/mol. The zero-order valence-electron chi connectivity index (χ0n) is 10.6. The summed E-state index contributed by atoms with van der Waals surface area (Å²) in [6.45, 7) is 1.91. The van der Waals surface area contributed by atoms with Gasteiger partial charge in [0.1, 0.15) is 0 Å². The largest absolute Gasteiger partial charge is 0.396 e. The smallest absolute Gasteiger partial charge is 0.273 e. The van der Waals surface area contributed by atoms with Gasteiger partial charge in [-0.3, -0.25) is 4.79 Å². The van der Waals surface area contributed by atoms with Crippen LogP contribution in [0.25, 0.3) is 5.82 Å². The molecule has 0 aliphatic carbocycles. The minimum atomic E-state index is -0.153. The van der Waals surface area contributed by atoms with Crippen molar-refractivity contribution in [3.8, 4) is 5.82 Å². The Hall–Kier alpha value is -2.37. The Labute approximate surface area is 105 Å². The fourth-order valence-corrected chi connectivity index (χ4v) is 1.56. The topological polar surface area (TPSA) is 77.0 Å². The number of carbonyl (C=O) groups is 1. The minimum Gasteiger partial charge on any atom is -0.396 e. The van der Waals surface area contributed by atoms with Crippen molar-refractivity contribution in [3.05, 3.63) is 35.8 Å². The first-order valence-corrected chi connectivity index (χ1v) is 5.49. The Bertz CT molecular complexity index is 588. The van der Waals surface area contributed by atoms with E-state index in [1.54, 1.807) is 32.6 Å². The molecular formula is C12H15N5O. The molecule has 1 amide bonds. The second-order valence-electron chi connectivity index (χ2n) is 4.27. The summed E-state index contributed by atoms with van der Waals surface area (Å²) in [7, 11) is 3.36. The summed E-state index contributed by atoms with van der Waals surface area (Å²) in [4.78, 5) is 17.4. The van der Waals surface area contributed by atoms with E-state index < -0.39 is 0 Å². The van der Waals surface area contributed by atoms with Gasteiger partial charge in [-0.1, -0.05) is 0 Å². The van der Waals surface area contributed by atoms with E-state index in [0.29, 0.717) is 17.2 Å². The number of nitrogens with zero attached hydrogens (tertiary/aromatic N) is 4. The van der Waals surface area contributed by atoms with Crippen LogP contribution in [-0.2, 0) is 0 Å². The van der Waals surface area contributed by atoms with Gasteiger partial charge in [0.15, 0.2) is 11.5 Å². The van der Waals surface area contributed by atoms with Crippen molar-refractivity contribution < 1.29 is 4.79 Å². The Morgan fingerprint density at radius 3 is 2.78 bits per heavy atom. The molecule has 18 heavy (non-hydrogen) atoms. The third kappa shape index (κ3) is 2.17. The summed E-state index contributed by atoms with van der Waals surface area (Å²) in [6, 6.07) is 3.46. The number of aromatic nitrogens is 3. The van der Waals surface area contributed by atoms with Gasteiger partial charge in [-0.25, -0.2) is 9.67 Å². The van der Waals surface area contributed by atoms with E-state index >= 15 is 0 Å². The maximum absolute atomic E-state index is 11.7. The monoisotopic (exact) mass is 245 g/mol. The summed E-state index contributed by atoms with van der Waals surface area (Å²) in [5.74, 6) is 0.373. The summed E-state index contributed by atoms with van der Waals surface area (Å²) in [5, 5.41) is 4.18. The van der Waals surface area contributed by atoms with E-state index in [9.17, 15) is 4.79 Å². The first-order valence-electron chi connectivity index (χ1n) is 5.49. The van der Waals surface area contributed by atoms with E-state index in [-0.39, 0.29) is 5.91 Å². The third-order valence-electron chi connectivity index (χ3n) is 2.46. The van der Waals surface area contributed by atoms with Crippen LogP contribution in [0.4, 0.5) is 5.69 Å². The number of hydrogen-bond acceptors (Lipinski definition) is 4. The van der Waals surface area contributed by atoms with Crippen LogP contribution in [0.1, 0.15) is 16.1 Å². The van der Waals surface area contributed by atoms with Crippen molar-refractivity contribution in [1.82, 2.24) is 19.7 Å². The second-order valence-corrected chi connectivity index (χ2v) is 4.27. The third-order valence-corrected chi connectivity index (χ3v) is 2.46. The van der Waals surface area contributed by atoms with Gasteiger partial charge in [-0.05, 0) is 24.6 Å². The molecule has 0 atom stereocenters. The number of amides is 1. The van der Waals surface area contributed by atoms with E-state index in [1.807, 2.05) is 13.0 Å². The van der Waals surface area contributed by atoms with Crippen LogP contribution >= 0.6 is 0 Å². The van der Waals surface area contributed by atoms with Crippen LogP contribution in [0.5, 0.6) is 0 Å². The quantitative estimate of drug-likeness (QED) is 0.851. The van der Waals surface area contributed by atoms with Gasteiger partial charge in [0.05, 0.1) is 5.69 Å². The lowest BCUT2D eigenvalue weighted by atomic mass is 10.3. The molecule has 2 aromatic rings. The van der Waals surface area contributed by atoms with Crippen molar-refractivity contribution in [2.75, 3.05) is 19.8 Å². The molecule has 0 aliphatic rings. The molecule has 0 saturated carbocycles. The molecule has 2 heterocycles. The highest BCUT2D eigenvalue weighted by molar-refractivity contribution is 5.91. The normalized spacial score (nSPS) is 10.4. The van der Waals surface area contributed by atoms with Crippen molar-refractivity contribution in [2.45, 2.75) is 6.92 Å². The molecule has 0 radical (unpaired) electrons. The minimum absolute atomic E-state index is 0.153. The molecule has 0 bridgehead atoms. The number of aryl methyl sites for hydroxylation is 1. The molecular weight excluding hydrogens is 230 g/mol. The molecule has 2 rings (SSSR count).